The maximum absolute atomic E-state index is 13.7. The van der Waals surface area contributed by atoms with Crippen molar-refractivity contribution >= 4 is 21.5 Å². The first-order valence-corrected chi connectivity index (χ1v) is 7.56. The zero-order valence-electron chi connectivity index (χ0n) is 11.5. The predicted octanol–water partition coefficient (Wildman–Crippen LogP) is 1.34. The molecular formula is C12H15FN4O3S. The second-order valence-electron chi connectivity index (χ2n) is 4.24. The van der Waals surface area contributed by atoms with E-state index in [4.69, 9.17) is 10.5 Å². The van der Waals surface area contributed by atoms with Crippen LogP contribution in [-0.4, -0.2) is 24.8 Å². The van der Waals surface area contributed by atoms with Gasteiger partial charge in [0.15, 0.2) is 17.4 Å². The van der Waals surface area contributed by atoms with Gasteiger partial charge in [0.25, 0.3) is 10.0 Å². The fourth-order valence-corrected chi connectivity index (χ4v) is 2.89. The summed E-state index contributed by atoms with van der Waals surface area (Å²) < 4.78 is 46.6. The Hall–Kier alpha value is -2.29. The molecule has 0 fully saturated rings. The standard InChI is InChI=1S/C12H15FN4O3S/c1-3-20-10-5-4-8(6-9(10)13)16-21(18,19)11-7-17(2)15-12(11)14/h4-7,16H,3H2,1-2H3,(H2,14,15). The summed E-state index contributed by atoms with van der Waals surface area (Å²) >= 11 is 0. The summed E-state index contributed by atoms with van der Waals surface area (Å²) in [7, 11) is -2.38. The van der Waals surface area contributed by atoms with Gasteiger partial charge in [0.1, 0.15) is 4.90 Å². The van der Waals surface area contributed by atoms with Gasteiger partial charge in [-0.05, 0) is 19.1 Å². The van der Waals surface area contributed by atoms with Gasteiger partial charge in [0.2, 0.25) is 0 Å². The van der Waals surface area contributed by atoms with Crippen molar-refractivity contribution in [3.63, 3.8) is 0 Å². The fraction of sp³-hybridized carbons (Fsp3) is 0.250. The highest BCUT2D eigenvalue weighted by atomic mass is 32.2. The minimum absolute atomic E-state index is 0.0568. The van der Waals surface area contributed by atoms with Crippen LogP contribution >= 0.6 is 0 Å². The van der Waals surface area contributed by atoms with E-state index in [1.165, 1.54) is 23.0 Å². The Morgan fingerprint density at radius 3 is 2.71 bits per heavy atom. The van der Waals surface area contributed by atoms with E-state index in [1.807, 2.05) is 0 Å². The molecule has 9 heteroatoms. The lowest BCUT2D eigenvalue weighted by atomic mass is 10.3. The molecule has 21 heavy (non-hydrogen) atoms. The molecule has 0 unspecified atom stereocenters. The second kappa shape index (κ2) is 5.60. The molecule has 0 atom stereocenters. The molecule has 7 nitrogen and oxygen atoms in total. The van der Waals surface area contributed by atoms with Crippen LogP contribution in [0.5, 0.6) is 5.75 Å². The Morgan fingerprint density at radius 1 is 1.48 bits per heavy atom. The topological polar surface area (TPSA) is 99.2 Å². The maximum atomic E-state index is 13.7. The number of hydrogen-bond donors (Lipinski definition) is 2. The number of anilines is 2. The van der Waals surface area contributed by atoms with Gasteiger partial charge in [-0.15, -0.1) is 0 Å². The SMILES string of the molecule is CCOc1ccc(NS(=O)(=O)c2cn(C)nc2N)cc1F. The van der Waals surface area contributed by atoms with E-state index in [-0.39, 0.29) is 22.2 Å². The lowest BCUT2D eigenvalue weighted by molar-refractivity contribution is 0.321. The molecule has 0 saturated carbocycles. The zero-order valence-corrected chi connectivity index (χ0v) is 12.3. The van der Waals surface area contributed by atoms with E-state index in [0.29, 0.717) is 6.61 Å². The van der Waals surface area contributed by atoms with Gasteiger partial charge in [0.05, 0.1) is 12.3 Å². The average molecular weight is 314 g/mol. The van der Waals surface area contributed by atoms with Crippen LogP contribution in [-0.2, 0) is 17.1 Å². The molecule has 0 aliphatic rings. The third-order valence-electron chi connectivity index (χ3n) is 2.60. The van der Waals surface area contributed by atoms with Gasteiger partial charge in [-0.2, -0.15) is 5.10 Å². The minimum Gasteiger partial charge on any atom is -0.491 e. The highest BCUT2D eigenvalue weighted by Gasteiger charge is 2.21. The molecule has 0 amide bonds. The summed E-state index contributed by atoms with van der Waals surface area (Å²) in [5.74, 6) is -0.728. The molecule has 1 aromatic heterocycles. The third-order valence-corrected chi connectivity index (χ3v) is 3.99. The first kappa shape index (κ1) is 15.1. The number of sulfonamides is 1. The van der Waals surface area contributed by atoms with E-state index in [0.717, 1.165) is 6.07 Å². The summed E-state index contributed by atoms with van der Waals surface area (Å²) in [6.07, 6.45) is 1.27. The number of aryl methyl sites for hydroxylation is 1. The van der Waals surface area contributed by atoms with Crippen LogP contribution in [0.25, 0.3) is 0 Å². The van der Waals surface area contributed by atoms with Crippen LogP contribution in [0, 0.1) is 5.82 Å². The van der Waals surface area contributed by atoms with Gasteiger partial charge in [0, 0.05) is 19.3 Å². The number of nitrogens with zero attached hydrogens (tertiary/aromatic N) is 2. The van der Waals surface area contributed by atoms with Crippen LogP contribution in [0.2, 0.25) is 0 Å². The molecule has 1 aromatic carbocycles. The summed E-state index contributed by atoms with van der Waals surface area (Å²) in [5.41, 5.74) is 5.60. The number of aromatic nitrogens is 2. The highest BCUT2D eigenvalue weighted by molar-refractivity contribution is 7.92. The highest BCUT2D eigenvalue weighted by Crippen LogP contribution is 2.24. The summed E-state index contributed by atoms with van der Waals surface area (Å²) in [6, 6.07) is 3.79. The molecular weight excluding hydrogens is 299 g/mol. The molecule has 0 bridgehead atoms. The Kier molecular flexibility index (Phi) is 4.03. The van der Waals surface area contributed by atoms with E-state index >= 15 is 0 Å². The quantitative estimate of drug-likeness (QED) is 0.867. The number of rotatable bonds is 5. The van der Waals surface area contributed by atoms with E-state index in [2.05, 4.69) is 9.82 Å². The van der Waals surface area contributed by atoms with Crippen LogP contribution in [0.4, 0.5) is 15.9 Å². The van der Waals surface area contributed by atoms with Crippen molar-refractivity contribution in [3.8, 4) is 5.75 Å². The molecule has 0 aliphatic heterocycles. The number of nitrogen functional groups attached to an aromatic ring is 1. The van der Waals surface area contributed by atoms with Crippen molar-refractivity contribution in [2.24, 2.45) is 7.05 Å². The Bertz CT molecular complexity index is 758. The van der Waals surface area contributed by atoms with Gasteiger partial charge >= 0.3 is 0 Å². The normalized spacial score (nSPS) is 11.4. The van der Waals surface area contributed by atoms with Gasteiger partial charge in [-0.3, -0.25) is 9.40 Å². The Balaban J connectivity index is 2.29. The van der Waals surface area contributed by atoms with Crippen molar-refractivity contribution < 1.29 is 17.5 Å². The molecule has 3 N–H and O–H groups in total. The fourth-order valence-electron chi connectivity index (χ4n) is 1.74. The third kappa shape index (κ3) is 3.24. The van der Waals surface area contributed by atoms with E-state index in [9.17, 15) is 12.8 Å². The molecule has 2 aromatic rings. The largest absolute Gasteiger partial charge is 0.491 e. The first-order valence-electron chi connectivity index (χ1n) is 6.07. The van der Waals surface area contributed by atoms with Crippen LogP contribution in [0.1, 0.15) is 6.92 Å². The number of halogens is 1. The average Bonchev–Trinajstić information content (AvgIpc) is 2.72. The smallest absolute Gasteiger partial charge is 0.267 e. The lowest BCUT2D eigenvalue weighted by Gasteiger charge is -2.09. The molecule has 2 rings (SSSR count). The van der Waals surface area contributed by atoms with Crippen molar-refractivity contribution in [2.75, 3.05) is 17.1 Å². The van der Waals surface area contributed by atoms with Crippen LogP contribution in [0.15, 0.2) is 29.3 Å². The van der Waals surface area contributed by atoms with Crippen molar-refractivity contribution in [2.45, 2.75) is 11.8 Å². The maximum Gasteiger partial charge on any atom is 0.267 e. The Labute approximate surface area is 121 Å². The molecule has 114 valence electrons. The molecule has 0 aliphatic carbocycles. The van der Waals surface area contributed by atoms with Gasteiger partial charge in [-0.25, -0.2) is 12.8 Å². The summed E-state index contributed by atoms with van der Waals surface area (Å²) in [4.78, 5) is -0.167. The number of hydrogen-bond acceptors (Lipinski definition) is 5. The number of ether oxygens (including phenoxy) is 1. The van der Waals surface area contributed by atoms with E-state index in [1.54, 1.807) is 14.0 Å². The number of nitrogens with one attached hydrogen (secondary N) is 1. The van der Waals surface area contributed by atoms with E-state index < -0.39 is 15.8 Å². The molecule has 0 radical (unpaired) electrons. The number of benzene rings is 1. The van der Waals surface area contributed by atoms with Crippen molar-refractivity contribution in [3.05, 3.63) is 30.2 Å². The monoisotopic (exact) mass is 314 g/mol. The molecule has 1 heterocycles. The first-order chi connectivity index (χ1) is 9.83. The van der Waals surface area contributed by atoms with Crippen molar-refractivity contribution in [1.29, 1.82) is 0 Å². The summed E-state index contributed by atoms with van der Waals surface area (Å²) in [6.45, 7) is 2.04. The van der Waals surface area contributed by atoms with Gasteiger partial charge in [-0.1, -0.05) is 0 Å². The Morgan fingerprint density at radius 2 is 2.19 bits per heavy atom. The van der Waals surface area contributed by atoms with Crippen molar-refractivity contribution in [1.82, 2.24) is 9.78 Å². The zero-order chi connectivity index (χ0) is 15.6. The molecule has 0 spiro atoms. The molecule has 0 saturated heterocycles. The second-order valence-corrected chi connectivity index (χ2v) is 5.89. The van der Waals surface area contributed by atoms with Gasteiger partial charge < -0.3 is 10.5 Å². The predicted molar refractivity (Wildman–Crippen MR) is 76.0 cm³/mol. The summed E-state index contributed by atoms with van der Waals surface area (Å²) in [5, 5.41) is 3.76. The lowest BCUT2D eigenvalue weighted by Crippen LogP contribution is -2.14. The minimum atomic E-state index is -3.93. The van der Waals surface area contributed by atoms with Crippen LogP contribution < -0.4 is 15.2 Å². The van der Waals surface area contributed by atoms with Crippen LogP contribution in [0.3, 0.4) is 0 Å². The number of nitrogens with two attached hydrogens (primary N) is 1.